The molecular formula is C32H41NO4. The highest BCUT2D eigenvalue weighted by atomic mass is 16.5. The molecule has 0 saturated carbocycles. The minimum absolute atomic E-state index is 0.0664. The van der Waals surface area contributed by atoms with Gasteiger partial charge in [0.25, 0.3) is 0 Å². The predicted molar refractivity (Wildman–Crippen MR) is 149 cm³/mol. The van der Waals surface area contributed by atoms with Crippen LogP contribution < -0.4 is 0 Å². The zero-order valence-electron chi connectivity index (χ0n) is 21.8. The molecule has 0 radical (unpaired) electrons. The van der Waals surface area contributed by atoms with Gasteiger partial charge in [0.15, 0.2) is 6.29 Å². The summed E-state index contributed by atoms with van der Waals surface area (Å²) in [6.07, 6.45) is 7.62. The van der Waals surface area contributed by atoms with Crippen molar-refractivity contribution in [2.24, 2.45) is 0 Å². The molecule has 0 amide bonds. The van der Waals surface area contributed by atoms with Crippen molar-refractivity contribution >= 4 is 6.29 Å². The van der Waals surface area contributed by atoms with E-state index in [-0.39, 0.29) is 11.3 Å². The van der Waals surface area contributed by atoms with Crippen LogP contribution in [0.25, 0.3) is 0 Å². The van der Waals surface area contributed by atoms with E-state index in [4.69, 9.17) is 4.74 Å². The van der Waals surface area contributed by atoms with Gasteiger partial charge >= 0.3 is 0 Å². The van der Waals surface area contributed by atoms with Crippen molar-refractivity contribution in [3.8, 4) is 5.75 Å². The van der Waals surface area contributed by atoms with Gasteiger partial charge in [-0.1, -0.05) is 79.6 Å². The SMILES string of the molecule is O=Cc1cc(C(O)CN(CCCCCCOCCCCc2ccccc2)Cc2ccccc2)ccc1O. The molecule has 3 rings (SSSR count). The van der Waals surface area contributed by atoms with Crippen LogP contribution in [0.15, 0.2) is 78.9 Å². The number of carbonyl (C=O) groups is 1. The molecule has 0 aliphatic heterocycles. The van der Waals surface area contributed by atoms with Crippen LogP contribution in [0.1, 0.15) is 71.7 Å². The Hall–Kier alpha value is -2.99. The smallest absolute Gasteiger partial charge is 0.153 e. The number of aliphatic hydroxyl groups excluding tert-OH is 1. The summed E-state index contributed by atoms with van der Waals surface area (Å²) in [4.78, 5) is 13.4. The lowest BCUT2D eigenvalue weighted by atomic mass is 10.0. The molecule has 5 nitrogen and oxygen atoms in total. The summed E-state index contributed by atoms with van der Waals surface area (Å²) >= 11 is 0. The Balaban J connectivity index is 1.34. The Kier molecular flexibility index (Phi) is 12.9. The lowest BCUT2D eigenvalue weighted by Gasteiger charge is -2.25. The number of aryl methyl sites for hydroxylation is 1. The third kappa shape index (κ3) is 10.9. The van der Waals surface area contributed by atoms with Crippen molar-refractivity contribution < 1.29 is 19.7 Å². The minimum Gasteiger partial charge on any atom is -0.507 e. The lowest BCUT2D eigenvalue weighted by molar-refractivity contribution is 0.106. The summed E-state index contributed by atoms with van der Waals surface area (Å²) < 4.78 is 5.82. The fourth-order valence-corrected chi connectivity index (χ4v) is 4.47. The Morgan fingerprint density at radius 3 is 2.14 bits per heavy atom. The minimum atomic E-state index is -0.738. The summed E-state index contributed by atoms with van der Waals surface area (Å²) in [7, 11) is 0. The monoisotopic (exact) mass is 503 g/mol. The van der Waals surface area contributed by atoms with Gasteiger partial charge in [-0.05, 0) is 67.5 Å². The summed E-state index contributed by atoms with van der Waals surface area (Å²) in [5, 5.41) is 20.6. The van der Waals surface area contributed by atoms with Gasteiger partial charge in [-0.25, -0.2) is 0 Å². The number of rotatable bonds is 18. The van der Waals surface area contributed by atoms with E-state index >= 15 is 0 Å². The fourth-order valence-electron chi connectivity index (χ4n) is 4.47. The molecule has 1 unspecified atom stereocenters. The second kappa shape index (κ2) is 16.7. The number of carbonyl (C=O) groups excluding carboxylic acids is 1. The van der Waals surface area contributed by atoms with E-state index in [1.807, 2.05) is 18.2 Å². The fraction of sp³-hybridized carbons (Fsp3) is 0.406. The van der Waals surface area contributed by atoms with Gasteiger partial charge in [0.1, 0.15) is 5.75 Å². The maximum Gasteiger partial charge on any atom is 0.153 e. The van der Waals surface area contributed by atoms with Gasteiger partial charge < -0.3 is 14.9 Å². The van der Waals surface area contributed by atoms with E-state index in [0.717, 1.165) is 71.2 Å². The maximum absolute atomic E-state index is 11.2. The van der Waals surface area contributed by atoms with Crippen molar-refractivity contribution in [1.29, 1.82) is 0 Å². The van der Waals surface area contributed by atoms with E-state index in [1.165, 1.54) is 17.2 Å². The second-order valence-corrected chi connectivity index (χ2v) is 9.64. The quantitative estimate of drug-likeness (QED) is 0.157. The zero-order valence-corrected chi connectivity index (χ0v) is 21.8. The van der Waals surface area contributed by atoms with Gasteiger partial charge in [0.2, 0.25) is 0 Å². The van der Waals surface area contributed by atoms with Gasteiger partial charge in [-0.2, -0.15) is 0 Å². The number of phenols is 1. The predicted octanol–water partition coefficient (Wildman–Crippen LogP) is 6.34. The molecule has 0 aliphatic rings. The molecule has 0 heterocycles. The highest BCUT2D eigenvalue weighted by Crippen LogP contribution is 2.22. The molecule has 3 aromatic carbocycles. The Labute approximate surface area is 221 Å². The van der Waals surface area contributed by atoms with Crippen LogP contribution in [0.5, 0.6) is 5.75 Å². The van der Waals surface area contributed by atoms with E-state index < -0.39 is 6.10 Å². The molecule has 0 saturated heterocycles. The van der Waals surface area contributed by atoms with Crippen molar-refractivity contribution in [2.75, 3.05) is 26.3 Å². The van der Waals surface area contributed by atoms with Gasteiger partial charge in [-0.15, -0.1) is 0 Å². The van der Waals surface area contributed by atoms with Gasteiger partial charge in [0.05, 0.1) is 11.7 Å². The number of aliphatic hydroxyl groups is 1. The second-order valence-electron chi connectivity index (χ2n) is 9.64. The van der Waals surface area contributed by atoms with E-state index in [2.05, 4.69) is 47.4 Å². The molecule has 1 atom stereocenters. The number of nitrogens with zero attached hydrogens (tertiary/aromatic N) is 1. The normalized spacial score (nSPS) is 12.1. The first-order chi connectivity index (χ1) is 18.2. The number of ether oxygens (including phenoxy) is 1. The highest BCUT2D eigenvalue weighted by molar-refractivity contribution is 5.79. The number of hydrogen-bond acceptors (Lipinski definition) is 5. The molecule has 5 heteroatoms. The molecule has 3 aromatic rings. The number of aromatic hydroxyl groups is 1. The molecule has 2 N–H and O–H groups in total. The molecule has 0 bridgehead atoms. The van der Waals surface area contributed by atoms with Crippen LogP contribution >= 0.6 is 0 Å². The van der Waals surface area contributed by atoms with Crippen LogP contribution in [0, 0.1) is 0 Å². The third-order valence-electron chi connectivity index (χ3n) is 6.60. The highest BCUT2D eigenvalue weighted by Gasteiger charge is 2.15. The number of aldehydes is 1. The van der Waals surface area contributed by atoms with Gasteiger partial charge in [0, 0.05) is 26.3 Å². The van der Waals surface area contributed by atoms with Crippen molar-refractivity contribution in [1.82, 2.24) is 4.90 Å². The lowest BCUT2D eigenvalue weighted by Crippen LogP contribution is -2.29. The van der Waals surface area contributed by atoms with Crippen LogP contribution in [-0.2, 0) is 17.7 Å². The van der Waals surface area contributed by atoms with E-state index in [9.17, 15) is 15.0 Å². The summed E-state index contributed by atoms with van der Waals surface area (Å²) in [6.45, 7) is 3.74. The van der Waals surface area contributed by atoms with Gasteiger partial charge in [-0.3, -0.25) is 9.69 Å². The Morgan fingerprint density at radius 2 is 1.43 bits per heavy atom. The first-order valence-electron chi connectivity index (χ1n) is 13.5. The third-order valence-corrected chi connectivity index (χ3v) is 6.60. The molecule has 0 spiro atoms. The average molecular weight is 504 g/mol. The molecule has 0 aliphatic carbocycles. The van der Waals surface area contributed by atoms with E-state index in [1.54, 1.807) is 12.1 Å². The first kappa shape index (κ1) is 28.6. The molecule has 0 fully saturated rings. The molecule has 37 heavy (non-hydrogen) atoms. The first-order valence-corrected chi connectivity index (χ1v) is 13.5. The summed E-state index contributed by atoms with van der Waals surface area (Å²) in [6, 6.07) is 25.6. The van der Waals surface area contributed by atoms with Crippen LogP contribution in [0.4, 0.5) is 0 Å². The van der Waals surface area contributed by atoms with Crippen LogP contribution in [-0.4, -0.2) is 47.7 Å². The molecule has 0 aromatic heterocycles. The number of benzene rings is 3. The topological polar surface area (TPSA) is 70.0 Å². The van der Waals surface area contributed by atoms with Crippen molar-refractivity contribution in [3.63, 3.8) is 0 Å². The van der Waals surface area contributed by atoms with E-state index in [0.29, 0.717) is 18.4 Å². The Morgan fingerprint density at radius 1 is 0.784 bits per heavy atom. The maximum atomic E-state index is 11.2. The number of phenolic OH excluding ortho intramolecular Hbond substituents is 1. The average Bonchev–Trinajstić information content (AvgIpc) is 2.93. The number of hydrogen-bond donors (Lipinski definition) is 2. The van der Waals surface area contributed by atoms with Crippen LogP contribution in [0.2, 0.25) is 0 Å². The molecule has 198 valence electrons. The van der Waals surface area contributed by atoms with Crippen molar-refractivity contribution in [3.05, 3.63) is 101 Å². The summed E-state index contributed by atoms with van der Waals surface area (Å²) in [5.74, 6) is -0.0664. The zero-order chi connectivity index (χ0) is 26.1. The summed E-state index contributed by atoms with van der Waals surface area (Å²) in [5.41, 5.74) is 3.43. The largest absolute Gasteiger partial charge is 0.507 e. The standard InChI is InChI=1S/C32H41NO4/c34-26-30-23-29(18-19-31(30)35)32(36)25-33(24-28-16-7-4-8-17-28)20-10-1-2-11-21-37-22-12-9-15-27-13-5-3-6-14-27/h3-8,13-14,16-19,23,26,32,35-36H,1-2,9-12,15,20-22,24-25H2. The Bertz CT molecular complexity index is 1030. The van der Waals surface area contributed by atoms with Crippen LogP contribution in [0.3, 0.4) is 0 Å². The van der Waals surface area contributed by atoms with Crippen molar-refractivity contribution in [2.45, 2.75) is 57.6 Å². The number of unbranched alkanes of at least 4 members (excludes halogenated alkanes) is 4. The molecular weight excluding hydrogens is 462 g/mol.